The molecule has 35 heavy (non-hydrogen) atoms. The lowest BCUT2D eigenvalue weighted by molar-refractivity contribution is -0.0000205. The van der Waals surface area contributed by atoms with Gasteiger partial charge in [0.2, 0.25) is 0 Å². The molecule has 1 fully saturated rings. The molecule has 1 saturated heterocycles. The van der Waals surface area contributed by atoms with Gasteiger partial charge in [-0.1, -0.05) is 65.7 Å². The molecule has 0 aliphatic carbocycles. The second-order valence-electron chi connectivity index (χ2n) is 7.90. The Morgan fingerprint density at radius 3 is 2.20 bits per heavy atom. The van der Waals surface area contributed by atoms with Crippen molar-refractivity contribution in [2.75, 3.05) is 30.9 Å². The smallest absolute Gasteiger partial charge is 0.263 e. The normalized spacial score (nSPS) is 14.3. The fourth-order valence-corrected chi connectivity index (χ4v) is 5.69. The molecule has 1 heterocycles. The minimum absolute atomic E-state index is 0. The number of carbonyl (C=O) groups excluding carboxylic acids is 1. The molecular weight excluding hydrogens is 536 g/mol. The molecule has 4 rings (SSSR count). The number of benzene rings is 3. The van der Waals surface area contributed by atoms with Crippen molar-refractivity contribution in [1.82, 2.24) is 9.80 Å². The molecule has 1 N–H and O–H groups in total. The van der Waals surface area contributed by atoms with E-state index < -0.39 is 15.8 Å². The quantitative estimate of drug-likeness (QED) is 0.503. The zero-order valence-electron chi connectivity index (χ0n) is 18.4. The maximum Gasteiger partial charge on any atom is 0.263 e. The van der Waals surface area contributed by atoms with E-state index in [4.69, 9.17) is 23.2 Å². The second kappa shape index (κ2) is 11.6. The van der Waals surface area contributed by atoms with Crippen molar-refractivity contribution in [3.05, 3.63) is 93.7 Å². The minimum Gasteiger partial charge on any atom is -1.00 e. The molecule has 0 atom stereocenters. The maximum atomic E-state index is 14.0. The molecule has 3 aromatic rings. The summed E-state index contributed by atoms with van der Waals surface area (Å²) in [7, 11) is -4.27. The van der Waals surface area contributed by atoms with Crippen LogP contribution in [0.1, 0.15) is 15.9 Å². The largest absolute Gasteiger partial charge is 1.00 e. The molecule has 1 aliphatic heterocycles. The van der Waals surface area contributed by atoms with Crippen molar-refractivity contribution in [3.8, 4) is 0 Å². The molecule has 0 saturated carbocycles. The van der Waals surface area contributed by atoms with E-state index in [1.54, 1.807) is 4.90 Å². The Bertz CT molecular complexity index is 1300. The highest BCUT2D eigenvalue weighted by atomic mass is 35.5. The number of hydrogen-bond acceptors (Lipinski definition) is 4. The number of nitrogens with zero attached hydrogens (tertiary/aromatic N) is 2. The van der Waals surface area contributed by atoms with E-state index in [9.17, 15) is 17.6 Å². The summed E-state index contributed by atoms with van der Waals surface area (Å²) in [5.41, 5.74) is 0.993. The Kier molecular flexibility index (Phi) is 9.01. The number of anilines is 1. The first-order valence-corrected chi connectivity index (χ1v) is 12.8. The van der Waals surface area contributed by atoms with Gasteiger partial charge in [-0.3, -0.25) is 14.4 Å². The van der Waals surface area contributed by atoms with Crippen LogP contribution in [0.15, 0.2) is 71.6 Å². The first-order valence-electron chi connectivity index (χ1n) is 10.6. The first kappa shape index (κ1) is 27.2. The van der Waals surface area contributed by atoms with Crippen LogP contribution in [0.4, 0.5) is 10.1 Å². The number of sulfonamides is 1. The molecule has 0 radical (unpaired) electrons. The summed E-state index contributed by atoms with van der Waals surface area (Å²) < 4.78 is 42.0. The van der Waals surface area contributed by atoms with Crippen LogP contribution in [0.5, 0.6) is 0 Å². The summed E-state index contributed by atoms with van der Waals surface area (Å²) >= 11 is 12.4. The summed E-state index contributed by atoms with van der Waals surface area (Å²) in [6, 6.07) is 17.8. The highest BCUT2D eigenvalue weighted by Crippen LogP contribution is 2.31. The lowest BCUT2D eigenvalue weighted by Gasteiger charge is -2.35. The molecule has 11 heteroatoms. The van der Waals surface area contributed by atoms with Gasteiger partial charge in [0, 0.05) is 32.7 Å². The van der Waals surface area contributed by atoms with E-state index in [0.29, 0.717) is 26.2 Å². The van der Waals surface area contributed by atoms with Crippen molar-refractivity contribution >= 4 is 44.8 Å². The van der Waals surface area contributed by atoms with Crippen molar-refractivity contribution in [3.63, 3.8) is 0 Å². The highest BCUT2D eigenvalue weighted by molar-refractivity contribution is 7.92. The predicted molar refractivity (Wildman–Crippen MR) is 131 cm³/mol. The molecular formula is C24H22Cl3FN3O3S-. The van der Waals surface area contributed by atoms with Crippen molar-refractivity contribution < 1.29 is 30.0 Å². The van der Waals surface area contributed by atoms with E-state index >= 15 is 0 Å². The van der Waals surface area contributed by atoms with Gasteiger partial charge in [-0.2, -0.15) is 0 Å². The van der Waals surface area contributed by atoms with E-state index in [0.717, 1.165) is 18.7 Å². The number of hydrogen-bond donors (Lipinski definition) is 1. The van der Waals surface area contributed by atoms with Gasteiger partial charge in [0.25, 0.3) is 15.9 Å². The second-order valence-corrected chi connectivity index (χ2v) is 10.4. The molecule has 6 nitrogen and oxygen atoms in total. The fourth-order valence-electron chi connectivity index (χ4n) is 3.76. The van der Waals surface area contributed by atoms with Crippen LogP contribution in [0, 0.1) is 5.82 Å². The molecule has 0 unspecified atom stereocenters. The summed E-state index contributed by atoms with van der Waals surface area (Å²) in [6.07, 6.45) is 0. The lowest BCUT2D eigenvalue weighted by atomic mass is 10.1. The van der Waals surface area contributed by atoms with Crippen molar-refractivity contribution in [1.29, 1.82) is 0 Å². The lowest BCUT2D eigenvalue weighted by Crippen LogP contribution is -3.00. The highest BCUT2D eigenvalue weighted by Gasteiger charge is 2.27. The summed E-state index contributed by atoms with van der Waals surface area (Å²) in [6.45, 7) is 3.08. The van der Waals surface area contributed by atoms with Crippen molar-refractivity contribution in [2.24, 2.45) is 0 Å². The van der Waals surface area contributed by atoms with Crippen molar-refractivity contribution in [2.45, 2.75) is 11.4 Å². The number of halogens is 4. The average molecular weight is 558 g/mol. The van der Waals surface area contributed by atoms with E-state index in [2.05, 4.69) is 21.8 Å². The standard InChI is InChI=1S/C24H22Cl2FN3O3S.ClH/c25-19-15-20(26)23(34(32,33)28-22-9-5-4-8-21(22)27)14-18(19)24(31)30-12-10-29(11-13-30)16-17-6-2-1-3-7-17;/h1-9,14-15,28H,10-13,16H2;1H/p-1. The summed E-state index contributed by atoms with van der Waals surface area (Å²) in [4.78, 5) is 16.7. The predicted octanol–water partition coefficient (Wildman–Crippen LogP) is 1.90. The van der Waals surface area contributed by atoms with Gasteiger partial charge in [0.1, 0.15) is 10.7 Å². The van der Waals surface area contributed by atoms with Crippen LogP contribution < -0.4 is 17.1 Å². The number of carbonyl (C=O) groups is 1. The molecule has 0 aromatic heterocycles. The van der Waals surface area contributed by atoms with Crippen LogP contribution in [-0.4, -0.2) is 50.3 Å². The molecule has 186 valence electrons. The van der Waals surface area contributed by atoms with Crippen LogP contribution in [0.3, 0.4) is 0 Å². The number of nitrogens with one attached hydrogen (secondary N) is 1. The van der Waals surface area contributed by atoms with Gasteiger partial charge in [-0.25, -0.2) is 12.8 Å². The van der Waals surface area contributed by atoms with Crippen LogP contribution in [-0.2, 0) is 16.6 Å². The average Bonchev–Trinajstić information content (AvgIpc) is 2.81. The van der Waals surface area contributed by atoms with Gasteiger partial charge in [-0.05, 0) is 29.8 Å². The van der Waals surface area contributed by atoms with Crippen LogP contribution in [0.2, 0.25) is 10.0 Å². The van der Waals surface area contributed by atoms with Gasteiger partial charge >= 0.3 is 0 Å². The van der Waals surface area contributed by atoms with Gasteiger partial charge in [0.15, 0.2) is 0 Å². The minimum atomic E-state index is -4.27. The Balaban J connectivity index is 0.00000342. The fraction of sp³-hybridized carbons (Fsp3) is 0.208. The zero-order chi connectivity index (χ0) is 24.3. The first-order chi connectivity index (χ1) is 16.2. The third-order valence-corrected chi connectivity index (χ3v) is 7.71. The van der Waals surface area contributed by atoms with E-state index in [1.165, 1.54) is 29.8 Å². The number of amides is 1. The molecule has 3 aromatic carbocycles. The Hall–Kier alpha value is -2.36. The SMILES string of the molecule is O=C(c1cc(S(=O)(=O)Nc2ccccc2F)c(Cl)cc1Cl)N1CCN(Cc2ccccc2)CC1.[Cl-]. The number of para-hydroxylation sites is 1. The number of rotatable bonds is 6. The molecule has 0 spiro atoms. The Labute approximate surface area is 220 Å². The molecule has 1 aliphatic rings. The van der Waals surface area contributed by atoms with Gasteiger partial charge in [-0.15, -0.1) is 0 Å². The Morgan fingerprint density at radius 2 is 1.54 bits per heavy atom. The Morgan fingerprint density at radius 1 is 0.914 bits per heavy atom. The summed E-state index contributed by atoms with van der Waals surface area (Å²) in [5.74, 6) is -1.12. The van der Waals surface area contributed by atoms with Gasteiger partial charge < -0.3 is 17.3 Å². The van der Waals surface area contributed by atoms with Crippen LogP contribution in [0.25, 0.3) is 0 Å². The monoisotopic (exact) mass is 556 g/mol. The van der Waals surface area contributed by atoms with E-state index in [-0.39, 0.29) is 44.5 Å². The number of piperazine rings is 1. The summed E-state index contributed by atoms with van der Waals surface area (Å²) in [5, 5.41) is -0.121. The van der Waals surface area contributed by atoms with Gasteiger partial charge in [0.05, 0.1) is 21.3 Å². The van der Waals surface area contributed by atoms with Crippen LogP contribution >= 0.6 is 23.2 Å². The topological polar surface area (TPSA) is 69.7 Å². The zero-order valence-corrected chi connectivity index (χ0v) is 21.5. The third kappa shape index (κ3) is 6.45. The van der Waals surface area contributed by atoms with E-state index in [1.807, 2.05) is 18.2 Å². The molecule has 1 amide bonds. The molecule has 0 bridgehead atoms. The third-order valence-electron chi connectivity index (χ3n) is 5.57. The maximum absolute atomic E-state index is 14.0.